The van der Waals surface area contributed by atoms with Crippen LogP contribution in [0, 0.1) is 5.41 Å². The predicted molar refractivity (Wildman–Crippen MR) is 80.2 cm³/mol. The molecule has 4 unspecified atom stereocenters. The molecule has 2 heteroatoms. The number of hydrogen-bond acceptors (Lipinski definition) is 2. The van der Waals surface area contributed by atoms with Crippen molar-refractivity contribution in [3.63, 3.8) is 0 Å². The van der Waals surface area contributed by atoms with Crippen molar-refractivity contribution in [3.8, 4) is 0 Å². The Morgan fingerprint density at radius 3 is 2.58 bits per heavy atom. The zero-order valence-corrected chi connectivity index (χ0v) is 12.6. The van der Waals surface area contributed by atoms with Crippen molar-refractivity contribution >= 4 is 0 Å². The second-order valence-corrected chi connectivity index (χ2v) is 5.89. The Morgan fingerprint density at radius 1 is 1.32 bits per heavy atom. The highest BCUT2D eigenvalue weighted by molar-refractivity contribution is 5.19. The highest BCUT2D eigenvalue weighted by Crippen LogP contribution is 2.46. The molecule has 0 saturated heterocycles. The molecule has 0 bridgehead atoms. The fraction of sp³-hybridized carbons (Fsp3) is 0.647. The first-order chi connectivity index (χ1) is 9.11. The first-order valence-corrected chi connectivity index (χ1v) is 7.54. The van der Waals surface area contributed by atoms with Crippen LogP contribution in [0.3, 0.4) is 0 Å². The normalized spacial score (nSPS) is 31.8. The molecule has 4 atom stereocenters. The van der Waals surface area contributed by atoms with E-state index in [9.17, 15) is 0 Å². The maximum absolute atomic E-state index is 5.86. The van der Waals surface area contributed by atoms with Gasteiger partial charge in [-0.05, 0) is 32.3 Å². The third kappa shape index (κ3) is 2.85. The zero-order valence-electron chi connectivity index (χ0n) is 12.6. The molecule has 0 aliphatic heterocycles. The molecule has 0 aromatic heterocycles. The third-order valence-corrected chi connectivity index (χ3v) is 4.86. The Kier molecular flexibility index (Phi) is 4.64. The van der Waals surface area contributed by atoms with Crippen LogP contribution in [0.15, 0.2) is 30.3 Å². The lowest BCUT2D eigenvalue weighted by Crippen LogP contribution is -2.62. The molecular formula is C17H27NO. The molecule has 106 valence electrons. The van der Waals surface area contributed by atoms with Gasteiger partial charge in [-0.25, -0.2) is 0 Å². The molecule has 1 aliphatic rings. The average molecular weight is 261 g/mol. The van der Waals surface area contributed by atoms with Gasteiger partial charge in [-0.15, -0.1) is 0 Å². The van der Waals surface area contributed by atoms with E-state index in [1.54, 1.807) is 0 Å². The lowest BCUT2D eigenvalue weighted by molar-refractivity contribution is -0.127. The van der Waals surface area contributed by atoms with Crippen LogP contribution in [0.25, 0.3) is 0 Å². The number of rotatable bonds is 6. The van der Waals surface area contributed by atoms with E-state index in [4.69, 9.17) is 4.74 Å². The minimum absolute atomic E-state index is 0.277. The molecule has 19 heavy (non-hydrogen) atoms. The molecule has 1 aromatic rings. The molecule has 1 fully saturated rings. The Bertz CT molecular complexity index is 392. The second kappa shape index (κ2) is 6.06. The van der Waals surface area contributed by atoms with Crippen molar-refractivity contribution in [2.45, 2.75) is 58.7 Å². The first-order valence-electron chi connectivity index (χ1n) is 7.54. The summed E-state index contributed by atoms with van der Waals surface area (Å²) in [6.07, 6.45) is 2.72. The van der Waals surface area contributed by atoms with Crippen molar-refractivity contribution < 1.29 is 4.74 Å². The Labute approximate surface area is 117 Å². The predicted octanol–water partition coefficient (Wildman–Crippen LogP) is 3.93. The van der Waals surface area contributed by atoms with Gasteiger partial charge in [0.05, 0.1) is 6.10 Å². The third-order valence-electron chi connectivity index (χ3n) is 4.86. The molecule has 1 aromatic carbocycles. The van der Waals surface area contributed by atoms with E-state index in [-0.39, 0.29) is 5.41 Å². The van der Waals surface area contributed by atoms with E-state index in [1.807, 2.05) is 0 Å². The van der Waals surface area contributed by atoms with Crippen LogP contribution in [0.4, 0.5) is 0 Å². The summed E-state index contributed by atoms with van der Waals surface area (Å²) < 4.78 is 5.86. The van der Waals surface area contributed by atoms with Crippen LogP contribution in [-0.2, 0) is 4.74 Å². The Balaban J connectivity index is 1.97. The fourth-order valence-electron chi connectivity index (χ4n) is 3.15. The zero-order chi connectivity index (χ0) is 13.9. The average Bonchev–Trinajstić information content (AvgIpc) is 2.46. The summed E-state index contributed by atoms with van der Waals surface area (Å²) in [5.74, 6) is 0. The smallest absolute Gasteiger partial charge is 0.0658 e. The van der Waals surface area contributed by atoms with Gasteiger partial charge < -0.3 is 10.1 Å². The van der Waals surface area contributed by atoms with Gasteiger partial charge in [-0.3, -0.25) is 0 Å². The maximum atomic E-state index is 5.86. The van der Waals surface area contributed by atoms with Gasteiger partial charge in [-0.2, -0.15) is 0 Å². The van der Waals surface area contributed by atoms with Crippen molar-refractivity contribution in [2.24, 2.45) is 5.41 Å². The van der Waals surface area contributed by atoms with Gasteiger partial charge in [0.15, 0.2) is 0 Å². The number of hydrogen-bond donors (Lipinski definition) is 1. The molecule has 2 nitrogen and oxygen atoms in total. The van der Waals surface area contributed by atoms with Crippen molar-refractivity contribution in [1.29, 1.82) is 0 Å². The van der Waals surface area contributed by atoms with Crippen LogP contribution in [0.2, 0.25) is 0 Å². The largest absolute Gasteiger partial charge is 0.378 e. The van der Waals surface area contributed by atoms with E-state index in [0.717, 1.165) is 19.4 Å². The van der Waals surface area contributed by atoms with E-state index in [2.05, 4.69) is 63.3 Å². The van der Waals surface area contributed by atoms with Gasteiger partial charge >= 0.3 is 0 Å². The van der Waals surface area contributed by atoms with Crippen LogP contribution in [0.1, 0.15) is 52.1 Å². The first kappa shape index (κ1) is 14.5. The number of nitrogens with one attached hydrogen (secondary N) is 1. The van der Waals surface area contributed by atoms with E-state index < -0.39 is 0 Å². The van der Waals surface area contributed by atoms with Crippen LogP contribution >= 0.6 is 0 Å². The van der Waals surface area contributed by atoms with E-state index in [0.29, 0.717) is 18.2 Å². The number of ether oxygens (including phenoxy) is 1. The Morgan fingerprint density at radius 2 is 2.00 bits per heavy atom. The standard InChI is InChI=1S/C17H27NO/c1-5-17(4)15(12-16(17)19-6-2)18-13(3)14-10-8-7-9-11-14/h7-11,13,15-16,18H,5-6,12H2,1-4H3. The SMILES string of the molecule is CCOC1CC(NC(C)c2ccccc2)C1(C)CC. The maximum Gasteiger partial charge on any atom is 0.0658 e. The quantitative estimate of drug-likeness (QED) is 0.837. The second-order valence-electron chi connectivity index (χ2n) is 5.89. The van der Waals surface area contributed by atoms with Crippen molar-refractivity contribution in [1.82, 2.24) is 5.32 Å². The van der Waals surface area contributed by atoms with Crippen LogP contribution < -0.4 is 5.32 Å². The fourth-order valence-corrected chi connectivity index (χ4v) is 3.15. The van der Waals surface area contributed by atoms with Gasteiger partial charge in [-0.1, -0.05) is 44.2 Å². The molecule has 0 heterocycles. The molecule has 0 spiro atoms. The molecule has 0 amide bonds. The molecule has 1 aliphatic carbocycles. The van der Waals surface area contributed by atoms with Gasteiger partial charge in [0, 0.05) is 24.1 Å². The topological polar surface area (TPSA) is 21.3 Å². The lowest BCUT2D eigenvalue weighted by atomic mass is 9.61. The van der Waals surface area contributed by atoms with Gasteiger partial charge in [0.25, 0.3) is 0 Å². The van der Waals surface area contributed by atoms with E-state index >= 15 is 0 Å². The van der Waals surface area contributed by atoms with E-state index in [1.165, 1.54) is 5.56 Å². The van der Waals surface area contributed by atoms with Crippen molar-refractivity contribution in [2.75, 3.05) is 6.61 Å². The summed E-state index contributed by atoms with van der Waals surface area (Å²) in [7, 11) is 0. The summed E-state index contributed by atoms with van der Waals surface area (Å²) >= 11 is 0. The van der Waals surface area contributed by atoms with Crippen LogP contribution in [0.5, 0.6) is 0 Å². The highest BCUT2D eigenvalue weighted by Gasteiger charge is 2.51. The van der Waals surface area contributed by atoms with Gasteiger partial charge in [0.1, 0.15) is 0 Å². The highest BCUT2D eigenvalue weighted by atomic mass is 16.5. The summed E-state index contributed by atoms with van der Waals surface area (Å²) in [6.45, 7) is 9.78. The summed E-state index contributed by atoms with van der Waals surface area (Å²) in [6, 6.07) is 11.6. The molecule has 2 rings (SSSR count). The minimum Gasteiger partial charge on any atom is -0.378 e. The number of benzene rings is 1. The van der Waals surface area contributed by atoms with Crippen molar-refractivity contribution in [3.05, 3.63) is 35.9 Å². The minimum atomic E-state index is 0.277. The Hall–Kier alpha value is -0.860. The molecular weight excluding hydrogens is 234 g/mol. The molecule has 1 N–H and O–H groups in total. The van der Waals surface area contributed by atoms with Crippen LogP contribution in [-0.4, -0.2) is 18.8 Å². The molecule has 0 radical (unpaired) electrons. The monoisotopic (exact) mass is 261 g/mol. The molecule has 1 saturated carbocycles. The van der Waals surface area contributed by atoms with Gasteiger partial charge in [0.2, 0.25) is 0 Å². The summed E-state index contributed by atoms with van der Waals surface area (Å²) in [5.41, 5.74) is 1.64. The summed E-state index contributed by atoms with van der Waals surface area (Å²) in [5, 5.41) is 3.78. The lowest BCUT2D eigenvalue weighted by Gasteiger charge is -2.54. The summed E-state index contributed by atoms with van der Waals surface area (Å²) in [4.78, 5) is 0.